The van der Waals surface area contributed by atoms with Crippen molar-refractivity contribution in [3.63, 3.8) is 0 Å². The van der Waals surface area contributed by atoms with Gasteiger partial charge in [-0.1, -0.05) is 0 Å². The van der Waals surface area contributed by atoms with Crippen LogP contribution in [0.1, 0.15) is 53.6 Å². The van der Waals surface area contributed by atoms with Crippen LogP contribution in [0, 0.1) is 5.41 Å². The fraction of sp³-hybridized carbons (Fsp3) is 0.619. The lowest BCUT2D eigenvalue weighted by Crippen LogP contribution is -2.51. The highest BCUT2D eigenvalue weighted by atomic mass is 16.5. The normalized spacial score (nSPS) is 21.8. The van der Waals surface area contributed by atoms with Gasteiger partial charge in [0.25, 0.3) is 5.91 Å². The highest BCUT2D eigenvalue weighted by molar-refractivity contribution is 5.97. The number of methoxy groups -OCH3 is 1. The molecule has 5 heteroatoms. The Bertz CT molecular complexity index is 735. The van der Waals surface area contributed by atoms with Crippen molar-refractivity contribution < 1.29 is 14.3 Å². The second kappa shape index (κ2) is 6.60. The quantitative estimate of drug-likeness (QED) is 0.819. The molecule has 0 atom stereocenters. The number of hydrogen-bond acceptors (Lipinski definition) is 3. The molecule has 5 nitrogen and oxygen atoms in total. The molecule has 3 aliphatic rings. The van der Waals surface area contributed by atoms with Gasteiger partial charge in [0.05, 0.1) is 12.7 Å². The molecule has 1 spiro atoms. The van der Waals surface area contributed by atoms with E-state index in [0.29, 0.717) is 17.7 Å². The average Bonchev–Trinajstić information content (AvgIpc) is 3.11. The molecule has 2 aliphatic heterocycles. The highest BCUT2D eigenvalue weighted by Gasteiger charge is 2.41. The van der Waals surface area contributed by atoms with Gasteiger partial charge in [0.1, 0.15) is 5.75 Å². The van der Waals surface area contributed by atoms with Gasteiger partial charge in [0.2, 0.25) is 5.91 Å². The monoisotopic (exact) mass is 356 g/mol. The van der Waals surface area contributed by atoms with Crippen LogP contribution in [0.25, 0.3) is 0 Å². The zero-order chi connectivity index (χ0) is 18.3. The lowest BCUT2D eigenvalue weighted by molar-refractivity contribution is -0.137. The van der Waals surface area contributed by atoms with Crippen molar-refractivity contribution in [3.8, 4) is 5.75 Å². The smallest absolute Gasteiger partial charge is 0.257 e. The summed E-state index contributed by atoms with van der Waals surface area (Å²) in [5.74, 6) is 1.04. The van der Waals surface area contributed by atoms with E-state index in [-0.39, 0.29) is 17.2 Å². The van der Waals surface area contributed by atoms with Crippen molar-refractivity contribution in [2.75, 3.05) is 33.8 Å². The number of carbonyl (C=O) groups is 2. The Balaban J connectivity index is 1.48. The summed E-state index contributed by atoms with van der Waals surface area (Å²) < 4.78 is 5.53. The number of benzene rings is 1. The number of amides is 2. The third-order valence-corrected chi connectivity index (χ3v) is 6.62. The van der Waals surface area contributed by atoms with E-state index in [0.717, 1.165) is 58.2 Å². The molecule has 1 aromatic rings. The third kappa shape index (κ3) is 2.97. The van der Waals surface area contributed by atoms with E-state index in [9.17, 15) is 9.59 Å². The molecule has 1 aromatic carbocycles. The van der Waals surface area contributed by atoms with Gasteiger partial charge in [-0.15, -0.1) is 0 Å². The molecule has 2 amide bonds. The molecule has 0 bridgehead atoms. The Morgan fingerprint density at radius 1 is 1.08 bits per heavy atom. The van der Waals surface area contributed by atoms with Crippen molar-refractivity contribution in [1.29, 1.82) is 0 Å². The largest absolute Gasteiger partial charge is 0.496 e. The number of rotatable bonds is 2. The van der Waals surface area contributed by atoms with Gasteiger partial charge in [-0.05, 0) is 67.2 Å². The summed E-state index contributed by atoms with van der Waals surface area (Å²) in [7, 11) is 3.55. The van der Waals surface area contributed by atoms with Crippen LogP contribution in [0.4, 0.5) is 0 Å². The summed E-state index contributed by atoms with van der Waals surface area (Å²) in [5, 5.41) is 0. The van der Waals surface area contributed by atoms with Crippen molar-refractivity contribution in [1.82, 2.24) is 9.80 Å². The minimum Gasteiger partial charge on any atom is -0.496 e. The summed E-state index contributed by atoms with van der Waals surface area (Å²) in [6, 6.07) is 4.11. The maximum atomic E-state index is 13.1. The minimum absolute atomic E-state index is 0.0895. The van der Waals surface area contributed by atoms with Crippen LogP contribution >= 0.6 is 0 Å². The lowest BCUT2D eigenvalue weighted by Gasteiger charge is -2.46. The molecular formula is C21H28N2O3. The number of likely N-dealkylation sites (tertiary alicyclic amines) is 2. The molecule has 0 saturated carbocycles. The molecule has 0 unspecified atom stereocenters. The van der Waals surface area contributed by atoms with E-state index in [4.69, 9.17) is 4.74 Å². The molecule has 2 saturated heterocycles. The van der Waals surface area contributed by atoms with Gasteiger partial charge in [-0.3, -0.25) is 9.59 Å². The predicted molar refractivity (Wildman–Crippen MR) is 99.5 cm³/mol. The second-order valence-corrected chi connectivity index (χ2v) is 8.22. The zero-order valence-corrected chi connectivity index (χ0v) is 15.8. The first kappa shape index (κ1) is 17.4. The fourth-order valence-corrected chi connectivity index (χ4v) is 4.93. The first-order valence-electron chi connectivity index (χ1n) is 9.74. The van der Waals surface area contributed by atoms with Crippen molar-refractivity contribution in [2.24, 2.45) is 5.41 Å². The van der Waals surface area contributed by atoms with E-state index in [1.54, 1.807) is 7.11 Å². The van der Waals surface area contributed by atoms with Crippen molar-refractivity contribution in [2.45, 2.75) is 44.9 Å². The molecule has 2 heterocycles. The second-order valence-electron chi connectivity index (χ2n) is 8.22. The Labute approximate surface area is 155 Å². The molecule has 0 radical (unpaired) electrons. The van der Waals surface area contributed by atoms with Crippen molar-refractivity contribution >= 4 is 11.8 Å². The molecule has 2 fully saturated rings. The summed E-state index contributed by atoms with van der Waals surface area (Å²) in [5.41, 5.74) is 3.53. The Morgan fingerprint density at radius 3 is 2.42 bits per heavy atom. The summed E-state index contributed by atoms with van der Waals surface area (Å²) >= 11 is 0. The van der Waals surface area contributed by atoms with Gasteiger partial charge in [0.15, 0.2) is 0 Å². The van der Waals surface area contributed by atoms with Crippen LogP contribution in [0.2, 0.25) is 0 Å². The van der Waals surface area contributed by atoms with Gasteiger partial charge >= 0.3 is 0 Å². The van der Waals surface area contributed by atoms with Gasteiger partial charge in [0, 0.05) is 33.1 Å². The molecular weight excluding hydrogens is 328 g/mol. The first-order valence-corrected chi connectivity index (χ1v) is 9.74. The van der Waals surface area contributed by atoms with Crippen molar-refractivity contribution in [3.05, 3.63) is 28.8 Å². The molecule has 0 aromatic heterocycles. The molecule has 4 rings (SSSR count). The van der Waals surface area contributed by atoms with Crippen LogP contribution in [-0.2, 0) is 17.6 Å². The van der Waals surface area contributed by atoms with Crippen LogP contribution < -0.4 is 4.74 Å². The summed E-state index contributed by atoms with van der Waals surface area (Å²) in [4.78, 5) is 28.8. The van der Waals surface area contributed by atoms with E-state index < -0.39 is 0 Å². The number of fused-ring (bicyclic) bond motifs is 1. The highest BCUT2D eigenvalue weighted by Crippen LogP contribution is 2.40. The standard InChI is InChI=1S/C21H28N2O3/c1-22-14-21(7-6-19(22)24)8-10-23(11-9-21)20(25)17-12-15-4-3-5-16(15)13-18(17)26-2/h12-13H,3-11,14H2,1-2H3. The molecule has 1 aliphatic carbocycles. The number of nitrogens with zero attached hydrogens (tertiary/aromatic N) is 2. The van der Waals surface area contributed by atoms with Crippen LogP contribution in [0.3, 0.4) is 0 Å². The summed E-state index contributed by atoms with van der Waals surface area (Å²) in [6.45, 7) is 2.36. The molecule has 26 heavy (non-hydrogen) atoms. The van der Waals surface area contributed by atoms with Crippen LogP contribution in [-0.4, -0.2) is 55.4 Å². The zero-order valence-electron chi connectivity index (χ0n) is 15.8. The summed E-state index contributed by atoms with van der Waals surface area (Å²) in [6.07, 6.45) is 6.85. The van der Waals surface area contributed by atoms with Crippen LogP contribution in [0.5, 0.6) is 5.75 Å². The fourth-order valence-electron chi connectivity index (χ4n) is 4.93. The lowest BCUT2D eigenvalue weighted by atomic mass is 9.72. The van der Waals surface area contributed by atoms with Gasteiger partial charge in [-0.2, -0.15) is 0 Å². The Kier molecular flexibility index (Phi) is 4.41. The maximum absolute atomic E-state index is 13.1. The average molecular weight is 356 g/mol. The number of aryl methyl sites for hydroxylation is 2. The van der Waals surface area contributed by atoms with E-state index in [1.165, 1.54) is 11.1 Å². The number of carbonyl (C=O) groups excluding carboxylic acids is 2. The number of hydrogen-bond donors (Lipinski definition) is 0. The van der Waals surface area contributed by atoms with E-state index in [2.05, 4.69) is 12.1 Å². The number of ether oxygens (including phenoxy) is 1. The first-order chi connectivity index (χ1) is 12.5. The maximum Gasteiger partial charge on any atom is 0.257 e. The predicted octanol–water partition coefficient (Wildman–Crippen LogP) is 2.66. The van der Waals surface area contributed by atoms with E-state index >= 15 is 0 Å². The number of piperidine rings is 2. The van der Waals surface area contributed by atoms with E-state index in [1.807, 2.05) is 16.8 Å². The minimum atomic E-state index is 0.0895. The van der Waals surface area contributed by atoms with Gasteiger partial charge in [-0.25, -0.2) is 0 Å². The molecule has 0 N–H and O–H groups in total. The van der Waals surface area contributed by atoms with Gasteiger partial charge < -0.3 is 14.5 Å². The molecule has 140 valence electrons. The Hall–Kier alpha value is -2.04. The van der Waals surface area contributed by atoms with Crippen LogP contribution in [0.15, 0.2) is 12.1 Å². The third-order valence-electron chi connectivity index (χ3n) is 6.62. The SMILES string of the molecule is COc1cc2c(cc1C(=O)N1CCC3(CCC(=O)N(C)C3)CC1)CCC2. The Morgan fingerprint density at radius 2 is 1.77 bits per heavy atom. The topological polar surface area (TPSA) is 49.9 Å².